The predicted octanol–water partition coefficient (Wildman–Crippen LogP) is 6.69. The summed E-state index contributed by atoms with van der Waals surface area (Å²) in [7, 11) is 0. The Morgan fingerprint density at radius 1 is 1.10 bits per heavy atom. The van der Waals surface area contributed by atoms with E-state index in [1.165, 1.54) is 11.8 Å². The summed E-state index contributed by atoms with van der Waals surface area (Å²) in [5.41, 5.74) is 3.67. The van der Waals surface area contributed by atoms with Crippen LogP contribution in [0.2, 0.25) is 0 Å². The number of aromatic nitrogens is 2. The van der Waals surface area contributed by atoms with Gasteiger partial charge in [0.2, 0.25) is 0 Å². The van der Waals surface area contributed by atoms with Crippen molar-refractivity contribution in [3.8, 4) is 16.9 Å². The second-order valence-electron chi connectivity index (χ2n) is 7.26. The van der Waals surface area contributed by atoms with E-state index in [4.69, 9.17) is 17.3 Å². The van der Waals surface area contributed by atoms with Gasteiger partial charge < -0.3 is 0 Å². The van der Waals surface area contributed by atoms with Gasteiger partial charge in [0.05, 0.1) is 16.3 Å². The van der Waals surface area contributed by atoms with Crippen LogP contribution in [0.3, 0.4) is 0 Å². The monoisotopic (exact) mass is 511 g/mol. The van der Waals surface area contributed by atoms with Crippen molar-refractivity contribution >= 4 is 56.2 Å². The number of unbranched alkanes of at least 4 members (excludes halogenated alkanes) is 2. The van der Waals surface area contributed by atoms with Crippen LogP contribution < -0.4 is 0 Å². The maximum atomic E-state index is 13.0. The first-order valence-electron chi connectivity index (χ1n) is 10.2. The van der Waals surface area contributed by atoms with Crippen molar-refractivity contribution in [3.63, 3.8) is 0 Å². The molecule has 3 aromatic rings. The van der Waals surface area contributed by atoms with Gasteiger partial charge in [-0.2, -0.15) is 5.10 Å². The summed E-state index contributed by atoms with van der Waals surface area (Å²) in [5, 5.41) is 4.84. The number of para-hydroxylation sites is 1. The first-order chi connectivity index (χ1) is 15.1. The minimum absolute atomic E-state index is 0.0136. The lowest BCUT2D eigenvalue weighted by Crippen LogP contribution is -2.28. The SMILES string of the molecule is CCCCCN1C(=O)C(=Cc2cn(-c3ccccc3)nc2-c2ccc(Br)cc2)SC1=S. The van der Waals surface area contributed by atoms with Crippen LogP contribution in [-0.2, 0) is 4.79 Å². The fourth-order valence-electron chi connectivity index (χ4n) is 3.39. The average Bonchev–Trinajstić information content (AvgIpc) is 3.31. The molecule has 1 fully saturated rings. The van der Waals surface area contributed by atoms with E-state index in [1.54, 1.807) is 4.90 Å². The van der Waals surface area contributed by atoms with Crippen LogP contribution in [0.5, 0.6) is 0 Å². The Hall–Kier alpha value is -2.22. The van der Waals surface area contributed by atoms with E-state index in [9.17, 15) is 4.79 Å². The fraction of sp³-hybridized carbons (Fsp3) is 0.208. The van der Waals surface area contributed by atoms with Gasteiger partial charge in [0.1, 0.15) is 4.32 Å². The molecule has 4 rings (SSSR count). The third kappa shape index (κ3) is 5.00. The minimum Gasteiger partial charge on any atom is -0.293 e. The van der Waals surface area contributed by atoms with Crippen molar-refractivity contribution in [2.24, 2.45) is 0 Å². The molecule has 1 saturated heterocycles. The van der Waals surface area contributed by atoms with Gasteiger partial charge in [-0.05, 0) is 36.8 Å². The van der Waals surface area contributed by atoms with E-state index in [0.29, 0.717) is 15.8 Å². The third-order valence-electron chi connectivity index (χ3n) is 5.03. The molecule has 0 radical (unpaired) electrons. The molecule has 1 aromatic heterocycles. The lowest BCUT2D eigenvalue weighted by atomic mass is 10.1. The van der Waals surface area contributed by atoms with E-state index < -0.39 is 0 Å². The molecule has 0 spiro atoms. The summed E-state index contributed by atoms with van der Waals surface area (Å²) >= 11 is 10.3. The summed E-state index contributed by atoms with van der Waals surface area (Å²) in [6, 6.07) is 18.0. The summed E-state index contributed by atoms with van der Waals surface area (Å²) < 4.78 is 3.49. The zero-order chi connectivity index (χ0) is 21.8. The first-order valence-corrected chi connectivity index (χ1v) is 12.2. The number of thiocarbonyl (C=S) groups is 1. The molecule has 1 aliphatic rings. The molecule has 2 heterocycles. The number of carbonyl (C=O) groups is 1. The van der Waals surface area contributed by atoms with Crippen molar-refractivity contribution in [1.29, 1.82) is 0 Å². The Morgan fingerprint density at radius 3 is 2.55 bits per heavy atom. The maximum absolute atomic E-state index is 13.0. The summed E-state index contributed by atoms with van der Waals surface area (Å²) in [6.45, 7) is 2.83. The van der Waals surface area contributed by atoms with Gasteiger partial charge >= 0.3 is 0 Å². The van der Waals surface area contributed by atoms with Crippen LogP contribution in [0, 0.1) is 0 Å². The van der Waals surface area contributed by atoms with Gasteiger partial charge in [-0.1, -0.05) is 90.0 Å². The standard InChI is InChI=1S/C24H22BrN3OS2/c1-2-3-7-14-27-23(29)21(31-24(27)30)15-18-16-28(20-8-5-4-6-9-20)26-22(18)17-10-12-19(25)13-11-17/h4-6,8-13,15-16H,2-3,7,14H2,1H3. The van der Waals surface area contributed by atoms with E-state index >= 15 is 0 Å². The highest BCUT2D eigenvalue weighted by atomic mass is 79.9. The van der Waals surface area contributed by atoms with Gasteiger partial charge in [0.15, 0.2) is 0 Å². The number of amides is 1. The molecule has 7 heteroatoms. The zero-order valence-electron chi connectivity index (χ0n) is 17.1. The number of carbonyl (C=O) groups excluding carboxylic acids is 1. The number of halogens is 1. The smallest absolute Gasteiger partial charge is 0.266 e. The van der Waals surface area contributed by atoms with E-state index in [1.807, 2.05) is 71.6 Å². The highest BCUT2D eigenvalue weighted by Crippen LogP contribution is 2.35. The maximum Gasteiger partial charge on any atom is 0.266 e. The number of thioether (sulfide) groups is 1. The molecule has 0 atom stereocenters. The van der Waals surface area contributed by atoms with Crippen molar-refractivity contribution in [2.75, 3.05) is 6.54 Å². The molecule has 2 aromatic carbocycles. The number of benzene rings is 2. The number of nitrogens with zero attached hydrogens (tertiary/aromatic N) is 3. The second-order valence-corrected chi connectivity index (χ2v) is 9.85. The van der Waals surface area contributed by atoms with Crippen LogP contribution in [0.25, 0.3) is 23.0 Å². The number of rotatable bonds is 7. The van der Waals surface area contributed by atoms with Crippen molar-refractivity contribution < 1.29 is 4.79 Å². The van der Waals surface area contributed by atoms with Crippen molar-refractivity contribution in [1.82, 2.24) is 14.7 Å². The van der Waals surface area contributed by atoms with Gasteiger partial charge in [0, 0.05) is 28.3 Å². The summed E-state index contributed by atoms with van der Waals surface area (Å²) in [6.07, 6.45) is 7.05. The fourth-order valence-corrected chi connectivity index (χ4v) is 4.96. The predicted molar refractivity (Wildman–Crippen MR) is 136 cm³/mol. The highest BCUT2D eigenvalue weighted by molar-refractivity contribution is 9.10. The highest BCUT2D eigenvalue weighted by Gasteiger charge is 2.31. The molecular formula is C24H22BrN3OS2. The summed E-state index contributed by atoms with van der Waals surface area (Å²) in [4.78, 5) is 15.4. The van der Waals surface area contributed by atoms with Gasteiger partial charge in [-0.25, -0.2) is 4.68 Å². The van der Waals surface area contributed by atoms with E-state index in [0.717, 1.165) is 46.2 Å². The van der Waals surface area contributed by atoms with Crippen LogP contribution >= 0.6 is 39.9 Å². The average molecular weight is 512 g/mol. The van der Waals surface area contributed by atoms with Crippen molar-refractivity contribution in [3.05, 3.63) is 75.7 Å². The largest absolute Gasteiger partial charge is 0.293 e. The Kier molecular flexibility index (Phi) is 7.05. The van der Waals surface area contributed by atoms with E-state index in [2.05, 4.69) is 22.9 Å². The zero-order valence-corrected chi connectivity index (χ0v) is 20.3. The van der Waals surface area contributed by atoms with Gasteiger partial charge in [-0.3, -0.25) is 9.69 Å². The lowest BCUT2D eigenvalue weighted by Gasteiger charge is -2.13. The minimum atomic E-state index is -0.0136. The Balaban J connectivity index is 1.71. The van der Waals surface area contributed by atoms with Crippen molar-refractivity contribution in [2.45, 2.75) is 26.2 Å². The third-order valence-corrected chi connectivity index (χ3v) is 6.93. The molecular weight excluding hydrogens is 490 g/mol. The Bertz CT molecular complexity index is 1120. The molecule has 0 saturated carbocycles. The lowest BCUT2D eigenvalue weighted by molar-refractivity contribution is -0.122. The Labute approximate surface area is 200 Å². The van der Waals surface area contributed by atoms with Crippen LogP contribution in [0.15, 0.2) is 70.2 Å². The van der Waals surface area contributed by atoms with Crippen LogP contribution in [-0.4, -0.2) is 31.5 Å². The number of hydrogen-bond acceptors (Lipinski definition) is 4. The second kappa shape index (κ2) is 9.94. The van der Waals surface area contributed by atoms with Gasteiger partial charge in [-0.15, -0.1) is 0 Å². The summed E-state index contributed by atoms with van der Waals surface area (Å²) in [5.74, 6) is -0.0136. The quantitative estimate of drug-likeness (QED) is 0.201. The normalized spacial score (nSPS) is 15.3. The molecule has 0 unspecified atom stereocenters. The van der Waals surface area contributed by atoms with Crippen LogP contribution in [0.4, 0.5) is 0 Å². The molecule has 1 aliphatic heterocycles. The first kappa shape index (κ1) is 22.0. The molecule has 158 valence electrons. The molecule has 0 aliphatic carbocycles. The van der Waals surface area contributed by atoms with E-state index in [-0.39, 0.29) is 5.91 Å². The molecule has 1 amide bonds. The van der Waals surface area contributed by atoms with Gasteiger partial charge in [0.25, 0.3) is 5.91 Å². The molecule has 0 bridgehead atoms. The molecule has 31 heavy (non-hydrogen) atoms. The molecule has 0 N–H and O–H groups in total. The topological polar surface area (TPSA) is 38.1 Å². The molecule has 4 nitrogen and oxygen atoms in total. The van der Waals surface area contributed by atoms with Crippen LogP contribution in [0.1, 0.15) is 31.7 Å². The Morgan fingerprint density at radius 2 is 1.84 bits per heavy atom. The number of hydrogen-bond donors (Lipinski definition) is 0.